The fourth-order valence-electron chi connectivity index (χ4n) is 1.19. The zero-order valence-corrected chi connectivity index (χ0v) is 10.7. The third-order valence-electron chi connectivity index (χ3n) is 2.34. The second-order valence-corrected chi connectivity index (χ2v) is 7.49. The Hall–Kier alpha value is -0.700. The van der Waals surface area contributed by atoms with E-state index >= 15 is 0 Å². The Morgan fingerprint density at radius 1 is 0.895 bits per heavy atom. The van der Waals surface area contributed by atoms with Crippen molar-refractivity contribution in [2.24, 2.45) is 0 Å². The van der Waals surface area contributed by atoms with Gasteiger partial charge in [0.2, 0.25) is 9.84 Å². The van der Waals surface area contributed by atoms with E-state index in [4.69, 9.17) is 0 Å². The van der Waals surface area contributed by atoms with Gasteiger partial charge in [-0.2, -0.15) is 17.6 Å². The van der Waals surface area contributed by atoms with Gasteiger partial charge in [-0.15, -0.1) is 15.5 Å². The van der Waals surface area contributed by atoms with Gasteiger partial charge in [0.25, 0.3) is 0 Å². The molecule has 0 saturated carbocycles. The van der Waals surface area contributed by atoms with Crippen LogP contribution in [0.5, 0.6) is 0 Å². The van der Waals surface area contributed by atoms with E-state index in [9.17, 15) is 33.1 Å². The molecule has 19 heavy (non-hydrogen) atoms. The molecule has 1 aromatic rings. The topological polar surface area (TPSA) is 0 Å². The van der Waals surface area contributed by atoms with Crippen molar-refractivity contribution in [3.8, 4) is 0 Å². The Morgan fingerprint density at radius 3 is 1.58 bits per heavy atom. The third kappa shape index (κ3) is 2.16. The van der Waals surface area contributed by atoms with Crippen molar-refractivity contribution in [2.45, 2.75) is 22.5 Å². The molecule has 112 valence electrons. The van der Waals surface area contributed by atoms with Crippen LogP contribution in [0, 0.1) is 6.92 Å². The summed E-state index contributed by atoms with van der Waals surface area (Å²) in [6.07, 6.45) is 0. The predicted molar refractivity (Wildman–Crippen MR) is 57.2 cm³/mol. The molecule has 0 bridgehead atoms. The molecule has 0 aliphatic carbocycles. The highest BCUT2D eigenvalue weighted by Gasteiger charge is 2.90. The maximum atomic E-state index is 13.4. The van der Waals surface area contributed by atoms with E-state index in [0.29, 0.717) is 12.1 Å². The van der Waals surface area contributed by atoms with E-state index in [-0.39, 0.29) is 17.7 Å². The quantitative estimate of drug-likeness (QED) is 0.456. The fourth-order valence-corrected chi connectivity index (χ4v) is 3.10. The molecule has 1 aromatic carbocycles. The van der Waals surface area contributed by atoms with Crippen LogP contribution in [0.15, 0.2) is 29.2 Å². The van der Waals surface area contributed by atoms with E-state index in [0.717, 1.165) is 0 Å². The van der Waals surface area contributed by atoms with E-state index in [1.807, 2.05) is 0 Å². The lowest BCUT2D eigenvalue weighted by molar-refractivity contribution is -0.113. The standard InChI is InChI=1S/C9H7ClF8S/c1-6-2-4-7(5-3-6)19(15,16,17,18)9(13,14)8(10,11)12/h2-5H,1H3. The van der Waals surface area contributed by atoms with Crippen molar-refractivity contribution in [2.75, 3.05) is 0 Å². The van der Waals surface area contributed by atoms with Crippen molar-refractivity contribution in [1.82, 2.24) is 0 Å². The van der Waals surface area contributed by atoms with Crippen LogP contribution in [0.4, 0.5) is 33.1 Å². The summed E-state index contributed by atoms with van der Waals surface area (Å²) in [4.78, 5) is -2.46. The largest absolute Gasteiger partial charge is 0.434 e. The van der Waals surface area contributed by atoms with Crippen molar-refractivity contribution in [1.29, 1.82) is 0 Å². The van der Waals surface area contributed by atoms with Gasteiger partial charge < -0.3 is 0 Å². The first-order valence-electron chi connectivity index (χ1n) is 4.54. The van der Waals surface area contributed by atoms with Gasteiger partial charge in [-0.1, -0.05) is 17.7 Å². The molecule has 0 N–H and O–H groups in total. The minimum absolute atomic E-state index is 0.0204. The molecule has 0 spiro atoms. The Labute approximate surface area is 107 Å². The molecule has 0 radical (unpaired) electrons. The highest BCUT2D eigenvalue weighted by atomic mass is 35.5. The molecule has 0 amide bonds. The van der Waals surface area contributed by atoms with Crippen molar-refractivity contribution < 1.29 is 33.1 Å². The van der Waals surface area contributed by atoms with Crippen molar-refractivity contribution in [3.05, 3.63) is 29.8 Å². The Morgan fingerprint density at radius 2 is 1.26 bits per heavy atom. The van der Waals surface area contributed by atoms with E-state index in [2.05, 4.69) is 11.6 Å². The van der Waals surface area contributed by atoms with Crippen LogP contribution in [-0.4, -0.2) is 10.6 Å². The molecule has 0 aliphatic rings. The van der Waals surface area contributed by atoms with Gasteiger partial charge in [0, 0.05) is 0 Å². The molecular formula is C9H7ClF8S. The van der Waals surface area contributed by atoms with Gasteiger partial charge >= 0.3 is 10.6 Å². The Balaban J connectivity index is 3.68. The summed E-state index contributed by atoms with van der Waals surface area (Å²) in [6, 6.07) is 1.31. The average Bonchev–Trinajstić information content (AvgIpc) is 2.14. The molecule has 0 heterocycles. The molecule has 1 rings (SSSR count). The van der Waals surface area contributed by atoms with Crippen molar-refractivity contribution in [3.63, 3.8) is 0 Å². The zero-order valence-electron chi connectivity index (χ0n) is 9.12. The SMILES string of the molecule is Cc1ccc(S(F)(F)(F)(F)C(F)(F)C(F)(F)Cl)cc1. The van der Waals surface area contributed by atoms with E-state index in [1.54, 1.807) is 0 Å². The van der Waals surface area contributed by atoms with Crippen LogP contribution in [0.1, 0.15) is 5.56 Å². The number of aryl methyl sites for hydroxylation is 1. The molecule has 0 aliphatic heterocycles. The minimum atomic E-state index is -10.6. The molecule has 0 fully saturated rings. The third-order valence-corrected chi connectivity index (χ3v) is 5.20. The first-order chi connectivity index (χ1) is 8.03. The smallest absolute Gasteiger partial charge is 0.180 e. The molecule has 0 nitrogen and oxygen atoms in total. The first kappa shape index (κ1) is 16.4. The van der Waals surface area contributed by atoms with Crippen LogP contribution >= 0.6 is 21.4 Å². The number of hydrogen-bond donors (Lipinski definition) is 0. The summed E-state index contributed by atoms with van der Waals surface area (Å²) in [5.41, 5.74) is 0.207. The van der Waals surface area contributed by atoms with Gasteiger partial charge in [0.05, 0.1) is 4.90 Å². The lowest BCUT2D eigenvalue weighted by Gasteiger charge is -2.54. The highest BCUT2D eigenvalue weighted by Crippen LogP contribution is 3.08. The molecule has 10 heteroatoms. The summed E-state index contributed by atoms with van der Waals surface area (Å²) < 4.78 is 104. The Kier molecular flexibility index (Phi) is 3.00. The van der Waals surface area contributed by atoms with Crippen LogP contribution in [0.25, 0.3) is 0 Å². The van der Waals surface area contributed by atoms with Crippen LogP contribution in [0.3, 0.4) is 0 Å². The summed E-state index contributed by atoms with van der Waals surface area (Å²) in [5, 5.41) is -13.1. The van der Waals surface area contributed by atoms with Gasteiger partial charge in [-0.3, -0.25) is 0 Å². The predicted octanol–water partition coefficient (Wildman–Crippen LogP) is 6.19. The highest BCUT2D eigenvalue weighted by molar-refractivity contribution is 8.50. The maximum absolute atomic E-state index is 13.4. The molecule has 0 atom stereocenters. The molecular weight excluding hydrogens is 328 g/mol. The van der Waals surface area contributed by atoms with E-state index in [1.165, 1.54) is 6.92 Å². The second kappa shape index (κ2) is 3.49. The minimum Gasteiger partial charge on any atom is -0.180 e. The van der Waals surface area contributed by atoms with Gasteiger partial charge in [0.1, 0.15) is 0 Å². The van der Waals surface area contributed by atoms with Gasteiger partial charge in [-0.25, -0.2) is 0 Å². The van der Waals surface area contributed by atoms with Crippen molar-refractivity contribution >= 4 is 21.4 Å². The zero-order chi connectivity index (χ0) is 15.4. The Bertz CT molecular complexity index is 497. The summed E-state index contributed by atoms with van der Waals surface area (Å²) in [5.74, 6) is 0. The second-order valence-electron chi connectivity index (χ2n) is 3.90. The van der Waals surface area contributed by atoms with Crippen LogP contribution < -0.4 is 0 Å². The number of benzene rings is 1. The lowest BCUT2D eigenvalue weighted by Crippen LogP contribution is -2.47. The fraction of sp³-hybridized carbons (Fsp3) is 0.333. The van der Waals surface area contributed by atoms with Crippen LogP contribution in [0.2, 0.25) is 0 Å². The molecule has 0 aromatic heterocycles. The average molecular weight is 335 g/mol. The number of rotatable bonds is 3. The first-order valence-corrected chi connectivity index (χ1v) is 6.97. The molecule has 0 saturated heterocycles. The lowest BCUT2D eigenvalue weighted by atomic mass is 10.2. The summed E-state index contributed by atoms with van der Waals surface area (Å²) >= 11 is 3.76. The summed E-state index contributed by atoms with van der Waals surface area (Å²) in [6.45, 7) is 1.31. The van der Waals surface area contributed by atoms with E-state index < -0.39 is 25.4 Å². The monoisotopic (exact) mass is 334 g/mol. The van der Waals surface area contributed by atoms with Gasteiger partial charge in [0.15, 0.2) is 0 Å². The summed E-state index contributed by atoms with van der Waals surface area (Å²) in [7, 11) is -10.6. The maximum Gasteiger partial charge on any atom is 0.434 e. The normalized spacial score (nSPS) is 17.8. The van der Waals surface area contributed by atoms with Crippen LogP contribution in [-0.2, 0) is 0 Å². The number of halogens is 9. The van der Waals surface area contributed by atoms with Gasteiger partial charge in [-0.05, 0) is 30.7 Å². The number of alkyl halides is 5. The molecule has 0 unspecified atom stereocenters. The number of hydrogen-bond acceptors (Lipinski definition) is 0.